The van der Waals surface area contributed by atoms with Gasteiger partial charge < -0.3 is 26.0 Å². The number of carbonyl (C=O) groups excluding carboxylic acids is 3. The van der Waals surface area contributed by atoms with Crippen LogP contribution in [0.2, 0.25) is 0 Å². The number of allylic oxidation sites excluding steroid dienone is 1. The van der Waals surface area contributed by atoms with Crippen LogP contribution in [0.15, 0.2) is 11.6 Å². The maximum absolute atomic E-state index is 13.2. The highest BCUT2D eigenvalue weighted by Crippen LogP contribution is 2.67. The maximum atomic E-state index is 13.2. The molecule has 4 rings (SSSR count). The van der Waals surface area contributed by atoms with Gasteiger partial charge in [-0.2, -0.15) is 0 Å². The van der Waals surface area contributed by atoms with Crippen molar-refractivity contribution in [2.75, 3.05) is 32.7 Å². The molecule has 8 heteroatoms. The third-order valence-corrected chi connectivity index (χ3v) is 16.3. The van der Waals surface area contributed by atoms with Crippen LogP contribution >= 0.6 is 0 Å². The second kappa shape index (κ2) is 26.5. The van der Waals surface area contributed by atoms with E-state index in [0.717, 1.165) is 99.7 Å². The first-order valence-corrected chi connectivity index (χ1v) is 25.8. The van der Waals surface area contributed by atoms with Crippen LogP contribution in [0.25, 0.3) is 0 Å². The average Bonchev–Trinajstić information content (AvgIpc) is 3.58. The van der Waals surface area contributed by atoms with Gasteiger partial charge in [-0.05, 0) is 124 Å². The number of amides is 3. The smallest absolute Gasteiger partial charge is 0.407 e. The molecular weight excluding hydrogens is 745 g/mol. The number of rotatable bonds is 29. The van der Waals surface area contributed by atoms with E-state index in [1.807, 2.05) is 0 Å². The molecule has 4 aliphatic rings. The summed E-state index contributed by atoms with van der Waals surface area (Å²) in [5, 5.41) is 5.94. The van der Waals surface area contributed by atoms with Gasteiger partial charge in [0.2, 0.25) is 11.8 Å². The van der Waals surface area contributed by atoms with Crippen molar-refractivity contribution >= 4 is 17.9 Å². The summed E-state index contributed by atoms with van der Waals surface area (Å²) < 4.78 is 6.05. The Labute approximate surface area is 368 Å². The largest absolute Gasteiger partial charge is 0.446 e. The molecule has 0 spiro atoms. The van der Waals surface area contributed by atoms with Gasteiger partial charge in [-0.1, -0.05) is 143 Å². The molecule has 0 unspecified atom stereocenters. The first-order valence-electron chi connectivity index (χ1n) is 25.8. The Balaban J connectivity index is 1.12. The first-order chi connectivity index (χ1) is 28.9. The van der Waals surface area contributed by atoms with Crippen LogP contribution in [0, 0.1) is 46.3 Å². The molecule has 8 atom stereocenters. The highest BCUT2D eigenvalue weighted by molar-refractivity contribution is 5.84. The van der Waals surface area contributed by atoms with E-state index in [2.05, 4.69) is 58.3 Å². The third-order valence-electron chi connectivity index (χ3n) is 16.3. The molecule has 4 N–H and O–H groups in total. The molecule has 0 aromatic carbocycles. The SMILES string of the molecule is CCCCCCCCCCCCC(=O)N(CCCCCCNC(=O)O[C@H]1CC[C@@]2(C)C(=CC[C@H]3[C@@H]4CC[C@H]([C@H](C)CCCC(C)C)[C@@]4(C)CC[C@@H]32)C1)CC(=O)NCCCN. The number of hydrogen-bond donors (Lipinski definition) is 3. The monoisotopic (exact) mass is 839 g/mol. The highest BCUT2D eigenvalue weighted by Gasteiger charge is 2.59. The molecule has 0 aliphatic heterocycles. The zero-order chi connectivity index (χ0) is 43.4. The lowest BCUT2D eigenvalue weighted by Crippen LogP contribution is -2.51. The molecule has 0 aromatic rings. The van der Waals surface area contributed by atoms with Crippen molar-refractivity contribution in [3.05, 3.63) is 11.6 Å². The van der Waals surface area contributed by atoms with Gasteiger partial charge in [0.25, 0.3) is 0 Å². The van der Waals surface area contributed by atoms with Crippen molar-refractivity contribution in [3.63, 3.8) is 0 Å². The van der Waals surface area contributed by atoms with E-state index < -0.39 is 0 Å². The van der Waals surface area contributed by atoms with Crippen LogP contribution in [0.3, 0.4) is 0 Å². The Morgan fingerprint density at radius 1 is 0.783 bits per heavy atom. The molecule has 346 valence electrons. The van der Waals surface area contributed by atoms with E-state index in [1.54, 1.807) is 10.5 Å². The van der Waals surface area contributed by atoms with Gasteiger partial charge in [-0.3, -0.25) is 9.59 Å². The Kier molecular flexibility index (Phi) is 22.3. The molecule has 4 aliphatic carbocycles. The predicted octanol–water partition coefficient (Wildman–Crippen LogP) is 12.3. The van der Waals surface area contributed by atoms with E-state index in [0.29, 0.717) is 38.0 Å². The Morgan fingerprint density at radius 3 is 2.18 bits per heavy atom. The van der Waals surface area contributed by atoms with Crippen molar-refractivity contribution in [3.8, 4) is 0 Å². The zero-order valence-electron chi connectivity index (χ0n) is 39.9. The number of fused-ring (bicyclic) bond motifs is 5. The van der Waals surface area contributed by atoms with Gasteiger partial charge in [0, 0.05) is 32.5 Å². The number of carbonyl (C=O) groups is 3. The Bertz CT molecular complexity index is 1300. The molecule has 60 heavy (non-hydrogen) atoms. The minimum absolute atomic E-state index is 0.0337. The highest BCUT2D eigenvalue weighted by atomic mass is 16.6. The molecule has 0 aromatic heterocycles. The molecule has 8 nitrogen and oxygen atoms in total. The molecule has 3 saturated carbocycles. The van der Waals surface area contributed by atoms with Crippen LogP contribution in [0.5, 0.6) is 0 Å². The molecule has 0 radical (unpaired) electrons. The van der Waals surface area contributed by atoms with E-state index in [4.69, 9.17) is 10.5 Å². The summed E-state index contributed by atoms with van der Waals surface area (Å²) in [4.78, 5) is 40.5. The van der Waals surface area contributed by atoms with Gasteiger partial charge in [0.1, 0.15) is 6.10 Å². The number of unbranched alkanes of at least 4 members (excludes halogenated alkanes) is 12. The molecule has 0 saturated heterocycles. The minimum atomic E-state index is -0.282. The van der Waals surface area contributed by atoms with E-state index in [-0.39, 0.29) is 36.0 Å². The summed E-state index contributed by atoms with van der Waals surface area (Å²) in [6, 6.07) is 0. The summed E-state index contributed by atoms with van der Waals surface area (Å²) in [7, 11) is 0. The van der Waals surface area contributed by atoms with Crippen molar-refractivity contribution in [1.82, 2.24) is 15.5 Å². The number of ether oxygens (including phenoxy) is 1. The topological polar surface area (TPSA) is 114 Å². The summed E-state index contributed by atoms with van der Waals surface area (Å²) in [6.45, 7) is 17.2. The number of nitrogens with two attached hydrogens (primary N) is 1. The van der Waals surface area contributed by atoms with Gasteiger partial charge in [-0.15, -0.1) is 0 Å². The molecule has 3 amide bonds. The molecule has 0 heterocycles. The van der Waals surface area contributed by atoms with Crippen molar-refractivity contribution in [2.45, 2.75) is 221 Å². The number of nitrogens with zero attached hydrogens (tertiary/aromatic N) is 1. The lowest BCUT2D eigenvalue weighted by molar-refractivity contribution is -0.136. The van der Waals surface area contributed by atoms with Crippen LogP contribution < -0.4 is 16.4 Å². The van der Waals surface area contributed by atoms with Crippen LogP contribution in [-0.4, -0.2) is 61.6 Å². The van der Waals surface area contributed by atoms with Gasteiger partial charge in [0.05, 0.1) is 6.54 Å². The number of nitrogens with one attached hydrogen (secondary N) is 2. The fraction of sp³-hybridized carbons (Fsp3) is 0.904. The van der Waals surface area contributed by atoms with E-state index in [9.17, 15) is 14.4 Å². The van der Waals surface area contributed by atoms with Crippen LogP contribution in [0.1, 0.15) is 215 Å². The normalized spacial score (nSPS) is 27.7. The summed E-state index contributed by atoms with van der Waals surface area (Å²) in [5.74, 6) is 4.97. The van der Waals surface area contributed by atoms with E-state index >= 15 is 0 Å². The second-order valence-electron chi connectivity index (χ2n) is 21.1. The van der Waals surface area contributed by atoms with E-state index in [1.165, 1.54) is 103 Å². The number of hydrogen-bond acceptors (Lipinski definition) is 5. The summed E-state index contributed by atoms with van der Waals surface area (Å²) in [6.07, 6.45) is 33.4. The maximum Gasteiger partial charge on any atom is 0.407 e. The van der Waals surface area contributed by atoms with Gasteiger partial charge in [-0.25, -0.2) is 4.79 Å². The zero-order valence-corrected chi connectivity index (χ0v) is 39.9. The third kappa shape index (κ3) is 15.3. The fourth-order valence-electron chi connectivity index (χ4n) is 12.7. The Morgan fingerprint density at radius 2 is 1.47 bits per heavy atom. The number of alkyl carbamates (subject to hydrolysis) is 1. The standard InChI is InChI=1S/C52H94N4O4/c1-7-8-9-10-11-12-13-14-15-18-25-49(58)56(39-48(57)54-36-22-34-53)37-20-17-16-19-35-55-50(59)60-43-30-32-51(5)42(38-43)26-27-44-46-29-28-45(41(4)24-21-23-40(2)3)52(46,6)33-31-47(44)51/h26,40-41,43-47H,7-25,27-39,53H2,1-6H3,(H,54,57)(H,55,59)/t41-,43+,44+,45-,46+,47+,51+,52-/m1/s1. The van der Waals surface area contributed by atoms with Crippen LogP contribution in [-0.2, 0) is 14.3 Å². The Hall–Kier alpha value is -2.09. The van der Waals surface area contributed by atoms with Gasteiger partial charge in [0.15, 0.2) is 0 Å². The second-order valence-corrected chi connectivity index (χ2v) is 21.1. The van der Waals surface area contributed by atoms with Crippen molar-refractivity contribution < 1.29 is 19.1 Å². The van der Waals surface area contributed by atoms with Gasteiger partial charge >= 0.3 is 6.09 Å². The first kappa shape index (κ1) is 50.6. The van der Waals surface area contributed by atoms with Crippen molar-refractivity contribution in [1.29, 1.82) is 0 Å². The molecule has 0 bridgehead atoms. The predicted molar refractivity (Wildman–Crippen MR) is 250 cm³/mol. The quantitative estimate of drug-likeness (QED) is 0.0513. The van der Waals surface area contributed by atoms with Crippen molar-refractivity contribution in [2.24, 2.45) is 52.1 Å². The summed E-state index contributed by atoms with van der Waals surface area (Å²) in [5.41, 5.74) is 7.92. The molecular formula is C52H94N4O4. The average molecular weight is 839 g/mol. The van der Waals surface area contributed by atoms with Crippen LogP contribution in [0.4, 0.5) is 4.79 Å². The lowest BCUT2D eigenvalue weighted by Gasteiger charge is -2.58. The minimum Gasteiger partial charge on any atom is -0.446 e. The lowest BCUT2D eigenvalue weighted by atomic mass is 9.47. The fourth-order valence-corrected chi connectivity index (χ4v) is 12.7. The molecule has 3 fully saturated rings. The summed E-state index contributed by atoms with van der Waals surface area (Å²) >= 11 is 0.